The topological polar surface area (TPSA) is 23.5 Å². The minimum Gasteiger partial charge on any atom is -0.389 e. The summed E-state index contributed by atoms with van der Waals surface area (Å²) in [5, 5.41) is 9.76. The number of rotatable bonds is 2. The highest BCUT2D eigenvalue weighted by atomic mass is 16.3. The molecule has 82 valence electrons. The summed E-state index contributed by atoms with van der Waals surface area (Å²) in [4.78, 5) is 2.39. The van der Waals surface area contributed by atoms with Gasteiger partial charge in [0.2, 0.25) is 0 Å². The van der Waals surface area contributed by atoms with Crippen LogP contribution in [-0.2, 0) is 6.42 Å². The molecule has 2 rings (SSSR count). The van der Waals surface area contributed by atoms with E-state index in [-0.39, 0.29) is 6.10 Å². The molecule has 0 saturated carbocycles. The van der Waals surface area contributed by atoms with Crippen molar-refractivity contribution in [2.45, 2.75) is 39.3 Å². The lowest BCUT2D eigenvalue weighted by molar-refractivity contribution is 0.199. The Kier molecular flexibility index (Phi) is 2.70. The molecule has 0 bridgehead atoms. The molecule has 2 heteroatoms. The van der Waals surface area contributed by atoms with Crippen molar-refractivity contribution < 1.29 is 5.11 Å². The van der Waals surface area contributed by atoms with Gasteiger partial charge < -0.3 is 10.0 Å². The summed E-state index contributed by atoms with van der Waals surface area (Å²) < 4.78 is 0. The first-order chi connectivity index (χ1) is 7.11. The van der Waals surface area contributed by atoms with Gasteiger partial charge in [-0.15, -0.1) is 0 Å². The quantitative estimate of drug-likeness (QED) is 0.802. The summed E-state index contributed by atoms with van der Waals surface area (Å²) in [5.74, 6) is 0. The van der Waals surface area contributed by atoms with Crippen molar-refractivity contribution in [3.63, 3.8) is 0 Å². The minimum absolute atomic E-state index is 0.376. The largest absolute Gasteiger partial charge is 0.389 e. The first-order valence-corrected chi connectivity index (χ1v) is 5.67. The molecule has 0 spiro atoms. The van der Waals surface area contributed by atoms with Crippen LogP contribution in [0.25, 0.3) is 0 Å². The molecular weight excluding hydrogens is 186 g/mol. The highest BCUT2D eigenvalue weighted by molar-refractivity contribution is 5.64. The molecule has 0 aliphatic carbocycles. The zero-order chi connectivity index (χ0) is 11.0. The van der Waals surface area contributed by atoms with E-state index in [4.69, 9.17) is 0 Å². The van der Waals surface area contributed by atoms with E-state index in [0.29, 0.717) is 6.04 Å². The highest BCUT2D eigenvalue weighted by Gasteiger charge is 2.25. The smallest absolute Gasteiger partial charge is 0.0782 e. The molecule has 1 aliphatic rings. The van der Waals surface area contributed by atoms with Crippen LogP contribution in [0, 0.1) is 0 Å². The SMILES string of the molecule is CC(O)c1cccc2c1N(C(C)C)CC2. The number of para-hydroxylation sites is 1. The maximum atomic E-state index is 9.76. The summed E-state index contributed by atoms with van der Waals surface area (Å²) in [6.45, 7) is 7.32. The van der Waals surface area contributed by atoms with Gasteiger partial charge in [-0.3, -0.25) is 0 Å². The number of anilines is 1. The molecule has 1 atom stereocenters. The summed E-state index contributed by atoms with van der Waals surface area (Å²) in [7, 11) is 0. The molecule has 1 heterocycles. The van der Waals surface area contributed by atoms with Gasteiger partial charge >= 0.3 is 0 Å². The van der Waals surface area contributed by atoms with Crippen LogP contribution in [0.5, 0.6) is 0 Å². The van der Waals surface area contributed by atoms with Crippen LogP contribution in [-0.4, -0.2) is 17.7 Å². The molecule has 0 amide bonds. The lowest BCUT2D eigenvalue weighted by Crippen LogP contribution is -2.29. The summed E-state index contributed by atoms with van der Waals surface area (Å²) in [6, 6.07) is 6.75. The molecule has 0 aromatic heterocycles. The molecule has 0 fully saturated rings. The van der Waals surface area contributed by atoms with Crippen molar-refractivity contribution in [2.24, 2.45) is 0 Å². The normalized spacial score (nSPS) is 17.0. The Bertz CT molecular complexity index is 358. The molecular formula is C13H19NO. The lowest BCUT2D eigenvalue weighted by atomic mass is 10.0. The van der Waals surface area contributed by atoms with Crippen molar-refractivity contribution >= 4 is 5.69 Å². The summed E-state index contributed by atoms with van der Waals surface area (Å²) in [6.07, 6.45) is 0.730. The fourth-order valence-corrected chi connectivity index (χ4v) is 2.37. The number of nitrogens with zero attached hydrogens (tertiary/aromatic N) is 1. The van der Waals surface area contributed by atoms with E-state index in [1.807, 2.05) is 19.1 Å². The third kappa shape index (κ3) is 1.74. The van der Waals surface area contributed by atoms with Crippen LogP contribution < -0.4 is 4.90 Å². The highest BCUT2D eigenvalue weighted by Crippen LogP contribution is 2.36. The van der Waals surface area contributed by atoms with E-state index in [1.165, 1.54) is 11.3 Å². The number of benzene rings is 1. The monoisotopic (exact) mass is 205 g/mol. The molecule has 1 unspecified atom stereocenters. The lowest BCUT2D eigenvalue weighted by Gasteiger charge is -2.27. The number of hydrogen-bond donors (Lipinski definition) is 1. The molecule has 1 aromatic rings. The van der Waals surface area contributed by atoms with Crippen molar-refractivity contribution in [3.8, 4) is 0 Å². The minimum atomic E-state index is -0.376. The van der Waals surface area contributed by atoms with Gasteiger partial charge in [0.25, 0.3) is 0 Å². The fourth-order valence-electron chi connectivity index (χ4n) is 2.37. The second-order valence-corrected chi connectivity index (χ2v) is 4.57. The van der Waals surface area contributed by atoms with Gasteiger partial charge in [0.05, 0.1) is 6.10 Å². The third-order valence-corrected chi connectivity index (χ3v) is 3.13. The molecule has 0 saturated heterocycles. The first kappa shape index (κ1) is 10.5. The van der Waals surface area contributed by atoms with Crippen molar-refractivity contribution in [3.05, 3.63) is 29.3 Å². The average molecular weight is 205 g/mol. The van der Waals surface area contributed by atoms with E-state index >= 15 is 0 Å². The number of hydrogen-bond acceptors (Lipinski definition) is 2. The van der Waals surface area contributed by atoms with E-state index in [2.05, 4.69) is 24.8 Å². The van der Waals surface area contributed by atoms with Crippen molar-refractivity contribution in [1.29, 1.82) is 0 Å². The molecule has 2 nitrogen and oxygen atoms in total. The number of fused-ring (bicyclic) bond motifs is 1. The molecule has 1 aromatic carbocycles. The molecule has 0 radical (unpaired) electrons. The second kappa shape index (κ2) is 3.86. The second-order valence-electron chi connectivity index (χ2n) is 4.57. The maximum Gasteiger partial charge on any atom is 0.0782 e. The van der Waals surface area contributed by atoms with Crippen LogP contribution in [0.15, 0.2) is 18.2 Å². The first-order valence-electron chi connectivity index (χ1n) is 5.67. The maximum absolute atomic E-state index is 9.76. The van der Waals surface area contributed by atoms with E-state index < -0.39 is 0 Å². The number of aliphatic hydroxyl groups excluding tert-OH is 1. The van der Waals surface area contributed by atoms with E-state index in [1.54, 1.807) is 0 Å². The van der Waals surface area contributed by atoms with Crippen LogP contribution in [0.4, 0.5) is 5.69 Å². The van der Waals surface area contributed by atoms with Gasteiger partial charge in [-0.1, -0.05) is 18.2 Å². The predicted octanol–water partition coefficient (Wildman–Crippen LogP) is 2.51. The Balaban J connectivity index is 2.48. The zero-order valence-electron chi connectivity index (χ0n) is 9.70. The zero-order valence-corrected chi connectivity index (χ0v) is 9.70. The van der Waals surface area contributed by atoms with Gasteiger partial charge in [0.15, 0.2) is 0 Å². The molecule has 15 heavy (non-hydrogen) atoms. The Morgan fingerprint density at radius 3 is 2.60 bits per heavy atom. The van der Waals surface area contributed by atoms with Crippen LogP contribution >= 0.6 is 0 Å². The molecule has 1 N–H and O–H groups in total. The Morgan fingerprint density at radius 2 is 2.00 bits per heavy atom. The predicted molar refractivity (Wildman–Crippen MR) is 63.3 cm³/mol. The van der Waals surface area contributed by atoms with Crippen molar-refractivity contribution in [1.82, 2.24) is 0 Å². The third-order valence-electron chi connectivity index (χ3n) is 3.13. The standard InChI is InChI=1S/C13H19NO/c1-9(2)14-8-7-11-5-4-6-12(10(3)15)13(11)14/h4-6,9-10,15H,7-8H2,1-3H3. The van der Waals surface area contributed by atoms with E-state index in [0.717, 1.165) is 18.5 Å². The van der Waals surface area contributed by atoms with Crippen LogP contribution in [0.1, 0.15) is 38.0 Å². The van der Waals surface area contributed by atoms with Gasteiger partial charge in [0.1, 0.15) is 0 Å². The molecule has 1 aliphatic heterocycles. The average Bonchev–Trinajstić information content (AvgIpc) is 2.60. The fraction of sp³-hybridized carbons (Fsp3) is 0.538. The number of aliphatic hydroxyl groups is 1. The summed E-state index contributed by atoms with van der Waals surface area (Å²) in [5.41, 5.74) is 3.71. The Labute approximate surface area is 91.5 Å². The Morgan fingerprint density at radius 1 is 1.27 bits per heavy atom. The van der Waals surface area contributed by atoms with Gasteiger partial charge in [0, 0.05) is 23.8 Å². The van der Waals surface area contributed by atoms with Crippen LogP contribution in [0.2, 0.25) is 0 Å². The van der Waals surface area contributed by atoms with Crippen LogP contribution in [0.3, 0.4) is 0 Å². The van der Waals surface area contributed by atoms with Gasteiger partial charge in [-0.05, 0) is 32.8 Å². The van der Waals surface area contributed by atoms with Gasteiger partial charge in [-0.25, -0.2) is 0 Å². The van der Waals surface area contributed by atoms with Crippen molar-refractivity contribution in [2.75, 3.05) is 11.4 Å². The summed E-state index contributed by atoms with van der Waals surface area (Å²) >= 11 is 0. The Hall–Kier alpha value is -1.02. The van der Waals surface area contributed by atoms with Gasteiger partial charge in [-0.2, -0.15) is 0 Å². The van der Waals surface area contributed by atoms with E-state index in [9.17, 15) is 5.11 Å².